The summed E-state index contributed by atoms with van der Waals surface area (Å²) in [6.45, 7) is 5.21. The summed E-state index contributed by atoms with van der Waals surface area (Å²) in [5.41, 5.74) is 3.84. The van der Waals surface area contributed by atoms with Crippen LogP contribution in [-0.2, 0) is 13.5 Å². The quantitative estimate of drug-likeness (QED) is 0.776. The van der Waals surface area contributed by atoms with E-state index in [1.165, 1.54) is 21.2 Å². The predicted molar refractivity (Wildman–Crippen MR) is 89.9 cm³/mol. The molecule has 4 heteroatoms. The normalized spacial score (nSPS) is 12.9. The predicted octanol–water partition coefficient (Wildman–Crippen LogP) is 3.84. The third-order valence-electron chi connectivity index (χ3n) is 3.86. The number of hydrogen-bond acceptors (Lipinski definition) is 3. The minimum Gasteiger partial charge on any atom is -0.310 e. The SMILES string of the molecule is CCNC(Cc1csc2ccccc12)c1cn(C)nc1C. The molecule has 0 aliphatic rings. The summed E-state index contributed by atoms with van der Waals surface area (Å²) in [5, 5.41) is 11.8. The highest BCUT2D eigenvalue weighted by Crippen LogP contribution is 2.30. The molecule has 0 aliphatic carbocycles. The van der Waals surface area contributed by atoms with Gasteiger partial charge in [0.2, 0.25) is 0 Å². The summed E-state index contributed by atoms with van der Waals surface area (Å²) in [5.74, 6) is 0. The maximum atomic E-state index is 4.49. The Morgan fingerprint density at radius 2 is 2.14 bits per heavy atom. The summed E-state index contributed by atoms with van der Waals surface area (Å²) >= 11 is 1.83. The van der Waals surface area contributed by atoms with Crippen molar-refractivity contribution in [3.8, 4) is 0 Å². The summed E-state index contributed by atoms with van der Waals surface area (Å²) in [6, 6.07) is 8.97. The zero-order valence-electron chi connectivity index (χ0n) is 12.8. The monoisotopic (exact) mass is 299 g/mol. The van der Waals surface area contributed by atoms with Crippen LogP contribution in [0.5, 0.6) is 0 Å². The molecule has 0 saturated carbocycles. The minimum absolute atomic E-state index is 0.321. The molecule has 0 bridgehead atoms. The molecule has 2 heterocycles. The Kier molecular flexibility index (Phi) is 4.08. The first kappa shape index (κ1) is 14.3. The fourth-order valence-electron chi connectivity index (χ4n) is 2.91. The van der Waals surface area contributed by atoms with Crippen LogP contribution in [-0.4, -0.2) is 16.3 Å². The molecule has 1 N–H and O–H groups in total. The third kappa shape index (κ3) is 2.87. The largest absolute Gasteiger partial charge is 0.310 e. The van der Waals surface area contributed by atoms with Crippen LogP contribution in [0, 0.1) is 6.92 Å². The van der Waals surface area contributed by atoms with Gasteiger partial charge in [-0.05, 0) is 42.3 Å². The molecule has 3 rings (SSSR count). The van der Waals surface area contributed by atoms with Gasteiger partial charge < -0.3 is 5.32 Å². The van der Waals surface area contributed by atoms with E-state index in [1.54, 1.807) is 0 Å². The second-order valence-electron chi connectivity index (χ2n) is 5.42. The molecule has 110 valence electrons. The number of nitrogens with one attached hydrogen (secondary N) is 1. The van der Waals surface area contributed by atoms with E-state index in [0.29, 0.717) is 6.04 Å². The van der Waals surface area contributed by atoms with E-state index in [2.05, 4.69) is 60.1 Å². The second-order valence-corrected chi connectivity index (χ2v) is 6.33. The van der Waals surface area contributed by atoms with Crippen LogP contribution >= 0.6 is 11.3 Å². The molecule has 0 fully saturated rings. The lowest BCUT2D eigenvalue weighted by atomic mass is 9.99. The van der Waals surface area contributed by atoms with Crippen LogP contribution in [0.1, 0.15) is 29.8 Å². The molecule has 3 aromatic rings. The summed E-state index contributed by atoms with van der Waals surface area (Å²) in [4.78, 5) is 0. The molecular formula is C17H21N3S. The average molecular weight is 299 g/mol. The van der Waals surface area contributed by atoms with E-state index >= 15 is 0 Å². The molecule has 0 spiro atoms. The van der Waals surface area contributed by atoms with Crippen molar-refractivity contribution in [2.24, 2.45) is 7.05 Å². The fraction of sp³-hybridized carbons (Fsp3) is 0.353. The van der Waals surface area contributed by atoms with E-state index in [4.69, 9.17) is 0 Å². The Balaban J connectivity index is 1.93. The maximum absolute atomic E-state index is 4.49. The van der Waals surface area contributed by atoms with Gasteiger partial charge in [-0.3, -0.25) is 4.68 Å². The van der Waals surface area contributed by atoms with Gasteiger partial charge in [-0.25, -0.2) is 0 Å². The van der Waals surface area contributed by atoms with Crippen LogP contribution in [0.2, 0.25) is 0 Å². The Morgan fingerprint density at radius 1 is 1.33 bits per heavy atom. The Hall–Kier alpha value is -1.65. The molecule has 1 aromatic carbocycles. The van der Waals surface area contributed by atoms with Crippen LogP contribution < -0.4 is 5.32 Å². The van der Waals surface area contributed by atoms with Crippen molar-refractivity contribution >= 4 is 21.4 Å². The average Bonchev–Trinajstić information content (AvgIpc) is 3.02. The van der Waals surface area contributed by atoms with Gasteiger partial charge in [-0.1, -0.05) is 25.1 Å². The van der Waals surface area contributed by atoms with Gasteiger partial charge in [0.1, 0.15) is 0 Å². The van der Waals surface area contributed by atoms with Crippen LogP contribution in [0.4, 0.5) is 0 Å². The van der Waals surface area contributed by atoms with E-state index in [-0.39, 0.29) is 0 Å². The number of rotatable bonds is 5. The van der Waals surface area contributed by atoms with Crippen molar-refractivity contribution < 1.29 is 0 Å². The van der Waals surface area contributed by atoms with Gasteiger partial charge in [0.15, 0.2) is 0 Å². The maximum Gasteiger partial charge on any atom is 0.0641 e. The van der Waals surface area contributed by atoms with Crippen molar-refractivity contribution in [3.63, 3.8) is 0 Å². The molecule has 0 saturated heterocycles. The van der Waals surface area contributed by atoms with Crippen molar-refractivity contribution in [1.29, 1.82) is 0 Å². The number of hydrogen-bond donors (Lipinski definition) is 1. The van der Waals surface area contributed by atoms with Gasteiger partial charge >= 0.3 is 0 Å². The molecule has 3 nitrogen and oxygen atoms in total. The third-order valence-corrected chi connectivity index (χ3v) is 4.87. The van der Waals surface area contributed by atoms with Crippen molar-refractivity contribution in [3.05, 3.63) is 52.7 Å². The van der Waals surface area contributed by atoms with Crippen LogP contribution in [0.15, 0.2) is 35.8 Å². The molecule has 1 atom stereocenters. The van der Waals surface area contributed by atoms with Gasteiger partial charge in [-0.15, -0.1) is 11.3 Å². The molecule has 0 amide bonds. The topological polar surface area (TPSA) is 29.9 Å². The molecule has 2 aromatic heterocycles. The first-order valence-electron chi connectivity index (χ1n) is 7.37. The lowest BCUT2D eigenvalue weighted by Crippen LogP contribution is -2.23. The summed E-state index contributed by atoms with van der Waals surface area (Å²) in [7, 11) is 1.99. The first-order valence-corrected chi connectivity index (χ1v) is 8.25. The van der Waals surface area contributed by atoms with E-state index < -0.39 is 0 Å². The highest BCUT2D eigenvalue weighted by Gasteiger charge is 2.17. The highest BCUT2D eigenvalue weighted by molar-refractivity contribution is 7.17. The van der Waals surface area contributed by atoms with Gasteiger partial charge in [-0.2, -0.15) is 5.10 Å². The number of nitrogens with zero attached hydrogens (tertiary/aromatic N) is 2. The van der Waals surface area contributed by atoms with Crippen molar-refractivity contribution in [2.75, 3.05) is 6.54 Å². The number of thiophene rings is 1. The molecule has 0 aliphatic heterocycles. The molecule has 0 radical (unpaired) electrons. The van der Waals surface area contributed by atoms with E-state index in [0.717, 1.165) is 18.7 Å². The summed E-state index contributed by atoms with van der Waals surface area (Å²) in [6.07, 6.45) is 3.14. The van der Waals surface area contributed by atoms with Gasteiger partial charge in [0.05, 0.1) is 5.69 Å². The number of likely N-dealkylation sites (N-methyl/N-ethyl adjacent to an activating group) is 1. The lowest BCUT2D eigenvalue weighted by Gasteiger charge is -2.17. The van der Waals surface area contributed by atoms with Crippen molar-refractivity contribution in [2.45, 2.75) is 26.3 Å². The zero-order chi connectivity index (χ0) is 14.8. The van der Waals surface area contributed by atoms with Gasteiger partial charge in [0.25, 0.3) is 0 Å². The second kappa shape index (κ2) is 6.00. The standard InChI is InChI=1S/C17H21N3S/c1-4-18-16(15-10-20(3)19-12(15)2)9-13-11-21-17-8-6-5-7-14(13)17/h5-8,10-11,16,18H,4,9H2,1-3H3. The Morgan fingerprint density at radius 3 is 2.86 bits per heavy atom. The van der Waals surface area contributed by atoms with E-state index in [9.17, 15) is 0 Å². The molecule has 21 heavy (non-hydrogen) atoms. The smallest absolute Gasteiger partial charge is 0.0641 e. The number of fused-ring (bicyclic) bond motifs is 1. The van der Waals surface area contributed by atoms with Crippen LogP contribution in [0.3, 0.4) is 0 Å². The fourth-order valence-corrected chi connectivity index (χ4v) is 3.88. The molecular weight excluding hydrogens is 278 g/mol. The Labute approximate surface area is 129 Å². The lowest BCUT2D eigenvalue weighted by molar-refractivity contribution is 0.549. The van der Waals surface area contributed by atoms with E-state index in [1.807, 2.05) is 23.1 Å². The van der Waals surface area contributed by atoms with Crippen molar-refractivity contribution in [1.82, 2.24) is 15.1 Å². The Bertz CT molecular complexity index is 741. The van der Waals surface area contributed by atoms with Crippen LogP contribution in [0.25, 0.3) is 10.1 Å². The van der Waals surface area contributed by atoms with Gasteiger partial charge in [0, 0.05) is 29.5 Å². The highest BCUT2D eigenvalue weighted by atomic mass is 32.1. The number of aryl methyl sites for hydroxylation is 2. The first-order chi connectivity index (χ1) is 10.2. The summed E-state index contributed by atoms with van der Waals surface area (Å²) < 4.78 is 3.27. The number of aromatic nitrogens is 2. The molecule has 1 unspecified atom stereocenters. The minimum atomic E-state index is 0.321. The number of benzene rings is 1. The zero-order valence-corrected chi connectivity index (χ0v) is 13.6.